The molecule has 0 aliphatic heterocycles. The van der Waals surface area contributed by atoms with Gasteiger partial charge in [0, 0.05) is 0 Å². The molecule has 5 heavy (non-hydrogen) atoms. The Morgan fingerprint density at radius 2 is 2.00 bits per heavy atom. The Hall–Kier alpha value is -0.930. The van der Waals surface area contributed by atoms with Crippen LogP contribution in [0.5, 0.6) is 0 Å². The van der Waals surface area contributed by atoms with Crippen molar-refractivity contribution in [1.82, 2.24) is 0 Å². The normalized spacial score (nSPS) is 6.40. The summed E-state index contributed by atoms with van der Waals surface area (Å²) in [5, 5.41) is 8.75. The second-order valence-corrected chi connectivity index (χ2v) is 0.348. The van der Waals surface area contributed by atoms with E-state index in [1.165, 1.54) is 0 Å². The number of amides is 1. The minimum Gasteiger partial charge on any atom is -0.255 e. The predicted molar refractivity (Wildman–Crippen MR) is 12.7 cm³/mol. The van der Waals surface area contributed by atoms with Crippen LogP contribution in [0.15, 0.2) is 0 Å². The first-order valence-corrected chi connectivity index (χ1v) is 0.793. The average Bonchev–Trinajstić information content (AvgIpc) is 1.38. The van der Waals surface area contributed by atoms with E-state index in [9.17, 15) is 0 Å². The lowest BCUT2D eigenvalue weighted by atomic mass is 11.5. The molecule has 0 aliphatic carbocycles. The molecule has 0 aromatic heterocycles. The molecule has 0 fully saturated rings. The molecule has 0 spiro atoms. The molecule has 27 valence electrons. The van der Waals surface area contributed by atoms with Crippen molar-refractivity contribution in [2.24, 2.45) is 0 Å². The SMILES string of the molecule is O=[C][N+](=O)[O-]. The van der Waals surface area contributed by atoms with E-state index in [4.69, 9.17) is 14.9 Å². The summed E-state index contributed by atoms with van der Waals surface area (Å²) in [7, 11) is 0. The topological polar surface area (TPSA) is 60.2 Å². The summed E-state index contributed by atoms with van der Waals surface area (Å²) in [5.41, 5.74) is 0. The van der Waals surface area contributed by atoms with E-state index in [1.807, 2.05) is 0 Å². The maximum atomic E-state index is 8.75. The Kier molecular flexibility index (Phi) is 1.14. The van der Waals surface area contributed by atoms with Crippen molar-refractivity contribution in [2.45, 2.75) is 0 Å². The lowest BCUT2D eigenvalue weighted by molar-refractivity contribution is -0.348. The van der Waals surface area contributed by atoms with Crippen LogP contribution in [-0.4, -0.2) is 11.3 Å². The van der Waals surface area contributed by atoms with Gasteiger partial charge in [-0.15, -0.1) is 0 Å². The number of hydrogen-bond acceptors (Lipinski definition) is 3. The number of carbonyl (C=O) groups excluding carboxylic acids is 1. The minimum absolute atomic E-state index is 0.500. The Morgan fingerprint density at radius 1 is 1.80 bits per heavy atom. The van der Waals surface area contributed by atoms with E-state index in [0.717, 1.165) is 0 Å². The third-order valence-corrected chi connectivity index (χ3v) is 0.0745. The Morgan fingerprint density at radius 3 is 2.00 bits per heavy atom. The molecule has 1 radical (unpaired) electrons. The number of nitrogens with zero attached hydrogens (tertiary/aromatic N) is 1. The van der Waals surface area contributed by atoms with Gasteiger partial charge in [0.2, 0.25) is 0 Å². The van der Waals surface area contributed by atoms with Crippen molar-refractivity contribution in [3.8, 4) is 0 Å². The fourth-order valence-electron chi connectivity index (χ4n) is 0. The van der Waals surface area contributed by atoms with Gasteiger partial charge in [0.25, 0.3) is 0 Å². The Labute approximate surface area is 27.6 Å². The largest absolute Gasteiger partial charge is 0.592 e. The summed E-state index contributed by atoms with van der Waals surface area (Å²) in [4.78, 5) is 16.2. The second kappa shape index (κ2) is 1.40. The van der Waals surface area contributed by atoms with E-state index < -0.39 is 4.92 Å². The van der Waals surface area contributed by atoms with Crippen LogP contribution in [0.4, 0.5) is 0 Å². The van der Waals surface area contributed by atoms with Crippen molar-refractivity contribution in [2.75, 3.05) is 0 Å². The molecular weight excluding hydrogens is 74.0 g/mol. The lowest BCUT2D eigenvalue weighted by Gasteiger charge is -1.57. The zero-order chi connectivity index (χ0) is 4.28. The number of rotatable bonds is 1. The van der Waals surface area contributed by atoms with Crippen LogP contribution in [0.3, 0.4) is 0 Å². The van der Waals surface area contributed by atoms with Gasteiger partial charge >= 0.3 is 6.41 Å². The molecule has 0 aromatic rings. The standard InChI is InChI=1S/CNO3/c3-1-2(4)5. The molecule has 4 heteroatoms. The van der Waals surface area contributed by atoms with Crippen LogP contribution in [0, 0.1) is 10.1 Å². The van der Waals surface area contributed by atoms with Crippen molar-refractivity contribution < 1.29 is 9.72 Å². The van der Waals surface area contributed by atoms with E-state index in [-0.39, 0.29) is 0 Å². The van der Waals surface area contributed by atoms with Crippen LogP contribution in [-0.2, 0) is 4.79 Å². The highest BCUT2D eigenvalue weighted by atomic mass is 16.6. The van der Waals surface area contributed by atoms with Gasteiger partial charge < -0.3 is 0 Å². The molecule has 1 amide bonds. The molecule has 0 N–H and O–H groups in total. The molecule has 0 aromatic carbocycles. The first-order chi connectivity index (χ1) is 2.27. The van der Waals surface area contributed by atoms with Gasteiger partial charge in [-0.3, -0.25) is 10.1 Å². The van der Waals surface area contributed by atoms with Crippen LogP contribution in [0.2, 0.25) is 0 Å². The van der Waals surface area contributed by atoms with Gasteiger partial charge in [-0.1, -0.05) is 0 Å². The number of nitro groups is 1. The predicted octanol–water partition coefficient (Wildman–Crippen LogP) is -0.670. The molecule has 0 saturated carbocycles. The summed E-state index contributed by atoms with van der Waals surface area (Å²) in [6, 6.07) is 0. The highest BCUT2D eigenvalue weighted by Gasteiger charge is 1.84. The highest BCUT2D eigenvalue weighted by molar-refractivity contribution is 5.35. The third-order valence-electron chi connectivity index (χ3n) is 0.0745. The van der Waals surface area contributed by atoms with Gasteiger partial charge in [-0.25, -0.2) is 0 Å². The third kappa shape index (κ3) is 3.07. The second-order valence-electron chi connectivity index (χ2n) is 0.348. The molecule has 0 bridgehead atoms. The quantitative estimate of drug-likeness (QED) is 0.235. The summed E-state index contributed by atoms with van der Waals surface area (Å²) in [6.07, 6.45) is 0.500. The summed E-state index contributed by atoms with van der Waals surface area (Å²) in [6.45, 7) is 0. The monoisotopic (exact) mass is 74.0 g/mol. The molecule has 0 heterocycles. The molecular formula is CNO3. The zero-order valence-electron chi connectivity index (χ0n) is 2.17. The molecule has 0 saturated heterocycles. The molecule has 0 aliphatic rings. The fraction of sp³-hybridized carbons (Fsp3) is 0. The van der Waals surface area contributed by atoms with Crippen LogP contribution < -0.4 is 0 Å². The first-order valence-electron chi connectivity index (χ1n) is 0.793. The van der Waals surface area contributed by atoms with Crippen molar-refractivity contribution in [1.29, 1.82) is 0 Å². The molecule has 0 rings (SSSR count). The summed E-state index contributed by atoms with van der Waals surface area (Å²) < 4.78 is 0. The molecule has 0 unspecified atom stereocenters. The van der Waals surface area contributed by atoms with Crippen LogP contribution in [0.25, 0.3) is 0 Å². The van der Waals surface area contributed by atoms with Crippen molar-refractivity contribution >= 4 is 6.41 Å². The van der Waals surface area contributed by atoms with Gasteiger partial charge in [-0.2, -0.15) is 4.79 Å². The van der Waals surface area contributed by atoms with E-state index in [0.29, 0.717) is 6.41 Å². The highest BCUT2D eigenvalue weighted by Crippen LogP contribution is 1.44. The first kappa shape index (κ1) is 4.07. The summed E-state index contributed by atoms with van der Waals surface area (Å²) >= 11 is 0. The van der Waals surface area contributed by atoms with Crippen LogP contribution in [0.1, 0.15) is 0 Å². The van der Waals surface area contributed by atoms with E-state index in [1.54, 1.807) is 0 Å². The lowest BCUT2D eigenvalue weighted by Crippen LogP contribution is -1.88. The summed E-state index contributed by atoms with van der Waals surface area (Å²) in [5.74, 6) is 0. The maximum absolute atomic E-state index is 8.75. The molecule has 4 nitrogen and oxygen atoms in total. The van der Waals surface area contributed by atoms with E-state index in [2.05, 4.69) is 0 Å². The Bertz CT molecular complexity index is 57.9. The van der Waals surface area contributed by atoms with Gasteiger partial charge in [0.1, 0.15) is 4.92 Å². The maximum Gasteiger partial charge on any atom is 0.592 e. The fourth-order valence-corrected chi connectivity index (χ4v) is 0. The minimum atomic E-state index is -1.18. The van der Waals surface area contributed by atoms with Crippen molar-refractivity contribution in [3.05, 3.63) is 10.1 Å². The zero-order valence-corrected chi connectivity index (χ0v) is 2.17. The number of hydrogen-bond donors (Lipinski definition) is 0. The smallest absolute Gasteiger partial charge is 0.255 e. The van der Waals surface area contributed by atoms with Gasteiger partial charge in [0.15, 0.2) is 0 Å². The van der Waals surface area contributed by atoms with Crippen molar-refractivity contribution in [3.63, 3.8) is 0 Å². The molecule has 0 atom stereocenters. The van der Waals surface area contributed by atoms with Crippen LogP contribution >= 0.6 is 0 Å². The van der Waals surface area contributed by atoms with Gasteiger partial charge in [-0.05, 0) is 0 Å². The Balaban J connectivity index is 3.20. The van der Waals surface area contributed by atoms with E-state index >= 15 is 0 Å². The van der Waals surface area contributed by atoms with Gasteiger partial charge in [0.05, 0.1) is 0 Å². The average molecular weight is 74.0 g/mol.